The Balaban J connectivity index is 1.88. The van der Waals surface area contributed by atoms with E-state index >= 15 is 0 Å². The number of pyridine rings is 1. The molecule has 2 rings (SSSR count). The van der Waals surface area contributed by atoms with Crippen molar-refractivity contribution in [2.24, 2.45) is 0 Å². The number of likely N-dealkylation sites (tertiary alicyclic amines) is 1. The molecule has 1 aromatic rings. The zero-order valence-corrected chi connectivity index (χ0v) is 12.9. The third-order valence-corrected chi connectivity index (χ3v) is 3.18. The number of hydrogen-bond donors (Lipinski definition) is 1. The molecule has 1 atom stereocenters. The molecule has 1 amide bonds. The van der Waals surface area contributed by atoms with Crippen LogP contribution in [-0.2, 0) is 4.74 Å². The van der Waals surface area contributed by atoms with E-state index in [1.54, 1.807) is 4.90 Å². The Kier molecular flexibility index (Phi) is 4.54. The molecular formula is C15H20N2O5. The van der Waals surface area contributed by atoms with Gasteiger partial charge in [-0.1, -0.05) is 0 Å². The van der Waals surface area contributed by atoms with Crippen molar-refractivity contribution < 1.29 is 24.2 Å². The third-order valence-electron chi connectivity index (χ3n) is 3.18. The van der Waals surface area contributed by atoms with Crippen molar-refractivity contribution >= 4 is 12.1 Å². The lowest BCUT2D eigenvalue weighted by Crippen LogP contribution is -2.55. The summed E-state index contributed by atoms with van der Waals surface area (Å²) in [5, 5.41) is 8.91. The summed E-state index contributed by atoms with van der Waals surface area (Å²) in [5.41, 5.74) is -0.419. The molecular weight excluding hydrogens is 288 g/mol. The molecule has 0 spiro atoms. The normalized spacial score (nSPS) is 17.6. The van der Waals surface area contributed by atoms with Crippen LogP contribution in [0.2, 0.25) is 0 Å². The van der Waals surface area contributed by atoms with Gasteiger partial charge in [0.15, 0.2) is 0 Å². The van der Waals surface area contributed by atoms with Gasteiger partial charge in [-0.3, -0.25) is 0 Å². The van der Waals surface area contributed by atoms with Gasteiger partial charge in [-0.05, 0) is 33.3 Å². The lowest BCUT2D eigenvalue weighted by atomic mass is 10.1. The molecule has 1 N–H and O–H groups in total. The summed E-state index contributed by atoms with van der Waals surface area (Å²) in [6.07, 6.45) is 1.84. The molecule has 0 aromatic carbocycles. The number of aromatic nitrogens is 1. The summed E-state index contributed by atoms with van der Waals surface area (Å²) >= 11 is 0. The fraction of sp³-hybridized carbons (Fsp3) is 0.533. The SMILES string of the molecule is CC(C)(C)OC(=O)N1CC[C@@H]1COc1cc(C(=O)O)ccn1. The monoisotopic (exact) mass is 308 g/mol. The molecule has 0 saturated carbocycles. The molecule has 0 aliphatic carbocycles. The van der Waals surface area contributed by atoms with Gasteiger partial charge in [0.1, 0.15) is 12.2 Å². The maximum Gasteiger partial charge on any atom is 0.410 e. The molecule has 1 fully saturated rings. The first kappa shape index (κ1) is 16.1. The number of rotatable bonds is 4. The maximum absolute atomic E-state index is 12.0. The molecule has 22 heavy (non-hydrogen) atoms. The van der Waals surface area contributed by atoms with Crippen LogP contribution in [0, 0.1) is 0 Å². The molecule has 1 aliphatic rings. The van der Waals surface area contributed by atoms with Gasteiger partial charge in [0, 0.05) is 18.8 Å². The van der Waals surface area contributed by atoms with Crippen LogP contribution in [0.5, 0.6) is 5.88 Å². The van der Waals surface area contributed by atoms with E-state index in [4.69, 9.17) is 14.6 Å². The molecule has 0 radical (unpaired) electrons. The Morgan fingerprint density at radius 2 is 2.18 bits per heavy atom. The van der Waals surface area contributed by atoms with Gasteiger partial charge >= 0.3 is 12.1 Å². The average molecular weight is 308 g/mol. The third kappa shape index (κ3) is 4.09. The largest absolute Gasteiger partial charge is 0.478 e. The first-order chi connectivity index (χ1) is 10.3. The summed E-state index contributed by atoms with van der Waals surface area (Å²) in [6.45, 7) is 6.34. The van der Waals surface area contributed by atoms with Crippen molar-refractivity contribution in [2.75, 3.05) is 13.2 Å². The minimum absolute atomic E-state index is 0.0786. The lowest BCUT2D eigenvalue weighted by Gasteiger charge is -2.40. The van der Waals surface area contributed by atoms with Crippen molar-refractivity contribution in [3.05, 3.63) is 23.9 Å². The number of ether oxygens (including phenoxy) is 2. The number of aromatic carboxylic acids is 1. The molecule has 7 nitrogen and oxygen atoms in total. The van der Waals surface area contributed by atoms with Crippen LogP contribution in [0.1, 0.15) is 37.6 Å². The van der Waals surface area contributed by atoms with E-state index in [1.165, 1.54) is 18.3 Å². The summed E-state index contributed by atoms with van der Waals surface area (Å²) < 4.78 is 10.8. The van der Waals surface area contributed by atoms with Gasteiger partial charge in [-0.15, -0.1) is 0 Å². The van der Waals surface area contributed by atoms with Gasteiger partial charge in [0.25, 0.3) is 0 Å². The minimum Gasteiger partial charge on any atom is -0.478 e. The van der Waals surface area contributed by atoms with Gasteiger partial charge in [0.2, 0.25) is 5.88 Å². The van der Waals surface area contributed by atoms with E-state index in [1.807, 2.05) is 20.8 Å². The van der Waals surface area contributed by atoms with E-state index in [2.05, 4.69) is 4.98 Å². The number of amides is 1. The second kappa shape index (κ2) is 6.21. The van der Waals surface area contributed by atoms with E-state index in [9.17, 15) is 9.59 Å². The Labute approximate surface area is 128 Å². The predicted octanol–water partition coefficient (Wildman–Crippen LogP) is 2.17. The number of nitrogens with zero attached hydrogens (tertiary/aromatic N) is 2. The van der Waals surface area contributed by atoms with Crippen molar-refractivity contribution in [1.82, 2.24) is 9.88 Å². The number of carboxylic acid groups (broad SMARTS) is 1. The van der Waals surface area contributed by atoms with Crippen LogP contribution >= 0.6 is 0 Å². The van der Waals surface area contributed by atoms with Gasteiger partial charge in [-0.25, -0.2) is 14.6 Å². The van der Waals surface area contributed by atoms with Crippen molar-refractivity contribution in [1.29, 1.82) is 0 Å². The highest BCUT2D eigenvalue weighted by atomic mass is 16.6. The molecule has 0 unspecified atom stereocenters. The first-order valence-electron chi connectivity index (χ1n) is 7.08. The van der Waals surface area contributed by atoms with Crippen molar-refractivity contribution in [3.63, 3.8) is 0 Å². The fourth-order valence-corrected chi connectivity index (χ4v) is 1.98. The number of carboxylic acids is 1. The molecule has 1 saturated heterocycles. The summed E-state index contributed by atoms with van der Waals surface area (Å²) in [4.78, 5) is 28.4. The Bertz CT molecular complexity index is 567. The molecule has 1 aromatic heterocycles. The average Bonchev–Trinajstić information content (AvgIpc) is 2.35. The lowest BCUT2D eigenvalue weighted by molar-refractivity contribution is -0.0144. The molecule has 2 heterocycles. The molecule has 120 valence electrons. The van der Waals surface area contributed by atoms with Gasteiger partial charge in [-0.2, -0.15) is 0 Å². The van der Waals surface area contributed by atoms with Crippen LogP contribution in [0.25, 0.3) is 0 Å². The van der Waals surface area contributed by atoms with Crippen molar-refractivity contribution in [3.8, 4) is 5.88 Å². The number of hydrogen-bond acceptors (Lipinski definition) is 5. The second-order valence-corrected chi connectivity index (χ2v) is 6.12. The van der Waals surface area contributed by atoms with E-state index < -0.39 is 11.6 Å². The highest BCUT2D eigenvalue weighted by Crippen LogP contribution is 2.22. The number of carbonyl (C=O) groups is 2. The summed E-state index contributed by atoms with van der Waals surface area (Å²) in [7, 11) is 0. The summed E-state index contributed by atoms with van der Waals surface area (Å²) in [5.74, 6) is -0.804. The van der Waals surface area contributed by atoms with Crippen LogP contribution < -0.4 is 4.74 Å². The topological polar surface area (TPSA) is 89.0 Å². The highest BCUT2D eigenvalue weighted by Gasteiger charge is 2.35. The minimum atomic E-state index is -1.04. The Hall–Kier alpha value is -2.31. The van der Waals surface area contributed by atoms with Crippen molar-refractivity contribution in [2.45, 2.75) is 38.8 Å². The maximum atomic E-state index is 12.0. The Morgan fingerprint density at radius 3 is 2.73 bits per heavy atom. The molecule has 1 aliphatic heterocycles. The highest BCUT2D eigenvalue weighted by molar-refractivity contribution is 5.87. The van der Waals surface area contributed by atoms with Gasteiger partial charge < -0.3 is 19.5 Å². The second-order valence-electron chi connectivity index (χ2n) is 6.12. The van der Waals surface area contributed by atoms with E-state index in [0.29, 0.717) is 6.54 Å². The zero-order chi connectivity index (χ0) is 16.3. The van der Waals surface area contributed by atoms with Gasteiger partial charge in [0.05, 0.1) is 11.6 Å². The van der Waals surface area contributed by atoms with Crippen LogP contribution in [0.4, 0.5) is 4.79 Å². The van der Waals surface area contributed by atoms with Crippen LogP contribution in [-0.4, -0.2) is 51.8 Å². The summed E-state index contributed by atoms with van der Waals surface area (Å²) in [6, 6.07) is 2.68. The predicted molar refractivity (Wildman–Crippen MR) is 78.0 cm³/mol. The van der Waals surface area contributed by atoms with Crippen LogP contribution in [0.3, 0.4) is 0 Å². The zero-order valence-electron chi connectivity index (χ0n) is 12.9. The van der Waals surface area contributed by atoms with Crippen LogP contribution in [0.15, 0.2) is 18.3 Å². The quantitative estimate of drug-likeness (QED) is 0.917. The fourth-order valence-electron chi connectivity index (χ4n) is 1.98. The Morgan fingerprint density at radius 1 is 1.45 bits per heavy atom. The molecule has 7 heteroatoms. The number of carbonyl (C=O) groups excluding carboxylic acids is 1. The standard InChI is InChI=1S/C15H20N2O5/c1-15(2,3)22-14(20)17-7-5-11(17)9-21-12-8-10(13(18)19)4-6-16-12/h4,6,8,11H,5,7,9H2,1-3H3,(H,18,19)/t11-/m1/s1. The first-order valence-corrected chi connectivity index (χ1v) is 7.08. The molecule has 0 bridgehead atoms. The van der Waals surface area contributed by atoms with E-state index in [0.717, 1.165) is 6.42 Å². The smallest absolute Gasteiger partial charge is 0.410 e. The van der Waals surface area contributed by atoms with E-state index in [-0.39, 0.29) is 30.2 Å².